The summed E-state index contributed by atoms with van der Waals surface area (Å²) in [5, 5.41) is 0. The predicted octanol–water partition coefficient (Wildman–Crippen LogP) is 0.344. The molecule has 1 heterocycles. The first kappa shape index (κ1) is 17.8. The zero-order valence-corrected chi connectivity index (χ0v) is 14.1. The Kier molecular flexibility index (Phi) is 6.17. The molecule has 0 radical (unpaired) electrons. The number of rotatable bonds is 6. The van der Waals surface area contributed by atoms with E-state index in [-0.39, 0.29) is 18.4 Å². The van der Waals surface area contributed by atoms with Gasteiger partial charge in [0, 0.05) is 45.2 Å². The van der Waals surface area contributed by atoms with E-state index < -0.39 is 0 Å². The molecule has 0 aliphatic carbocycles. The molecular formula is C17H23N3O4. The van der Waals surface area contributed by atoms with E-state index >= 15 is 0 Å². The van der Waals surface area contributed by atoms with Crippen LogP contribution in [0.5, 0.6) is 5.75 Å². The fourth-order valence-electron chi connectivity index (χ4n) is 2.66. The van der Waals surface area contributed by atoms with Gasteiger partial charge in [0.15, 0.2) is 0 Å². The average Bonchev–Trinajstić information content (AvgIpc) is 2.61. The van der Waals surface area contributed by atoms with Crippen molar-refractivity contribution in [2.24, 2.45) is 0 Å². The highest BCUT2D eigenvalue weighted by Gasteiger charge is 2.23. The van der Waals surface area contributed by atoms with Gasteiger partial charge in [-0.05, 0) is 6.07 Å². The molecule has 1 saturated heterocycles. The van der Waals surface area contributed by atoms with Crippen molar-refractivity contribution in [2.75, 3.05) is 39.8 Å². The van der Waals surface area contributed by atoms with E-state index in [2.05, 4.69) is 0 Å². The second-order valence-electron chi connectivity index (χ2n) is 5.71. The molecule has 1 fully saturated rings. The number of amides is 3. The standard InChI is InChI=1S/C17H23N3O4/c1-14(22)20(11-15-5-3-4-6-16(15)24-2)12-17(23)19-9-7-18(13-21)8-10-19/h3-6,13H,7-12H2,1-2H3. The number of para-hydroxylation sites is 1. The zero-order chi connectivity index (χ0) is 17.5. The lowest BCUT2D eigenvalue weighted by molar-refractivity contribution is -0.141. The first-order chi connectivity index (χ1) is 11.5. The van der Waals surface area contributed by atoms with Crippen LogP contribution in [0.2, 0.25) is 0 Å². The molecule has 0 atom stereocenters. The van der Waals surface area contributed by atoms with Crippen molar-refractivity contribution < 1.29 is 19.1 Å². The lowest BCUT2D eigenvalue weighted by Crippen LogP contribution is -2.51. The minimum atomic E-state index is -0.166. The monoisotopic (exact) mass is 333 g/mol. The van der Waals surface area contributed by atoms with Crippen molar-refractivity contribution in [1.29, 1.82) is 0 Å². The average molecular weight is 333 g/mol. The number of hydrogen-bond acceptors (Lipinski definition) is 4. The molecule has 24 heavy (non-hydrogen) atoms. The van der Waals surface area contributed by atoms with Crippen LogP contribution >= 0.6 is 0 Å². The number of ether oxygens (including phenoxy) is 1. The van der Waals surface area contributed by atoms with Crippen molar-refractivity contribution >= 4 is 18.2 Å². The van der Waals surface area contributed by atoms with Gasteiger partial charge in [0.05, 0.1) is 7.11 Å². The molecule has 3 amide bonds. The summed E-state index contributed by atoms with van der Waals surface area (Å²) in [5.41, 5.74) is 0.855. The Morgan fingerprint density at radius 2 is 1.88 bits per heavy atom. The molecule has 0 N–H and O–H groups in total. The maximum absolute atomic E-state index is 12.4. The molecule has 0 spiro atoms. The van der Waals surface area contributed by atoms with Gasteiger partial charge in [-0.2, -0.15) is 0 Å². The van der Waals surface area contributed by atoms with E-state index in [9.17, 15) is 14.4 Å². The molecule has 1 aliphatic heterocycles. The molecule has 1 aromatic carbocycles. The van der Waals surface area contributed by atoms with Crippen molar-refractivity contribution in [3.05, 3.63) is 29.8 Å². The predicted molar refractivity (Wildman–Crippen MR) is 88.3 cm³/mol. The molecule has 130 valence electrons. The highest BCUT2D eigenvalue weighted by molar-refractivity contribution is 5.84. The summed E-state index contributed by atoms with van der Waals surface area (Å²) in [6.07, 6.45) is 0.797. The highest BCUT2D eigenvalue weighted by Crippen LogP contribution is 2.19. The van der Waals surface area contributed by atoms with Gasteiger partial charge in [0.25, 0.3) is 0 Å². The van der Waals surface area contributed by atoms with E-state index in [1.807, 2.05) is 24.3 Å². The first-order valence-electron chi connectivity index (χ1n) is 7.89. The van der Waals surface area contributed by atoms with Crippen LogP contribution in [0.4, 0.5) is 0 Å². The Balaban J connectivity index is 1.99. The van der Waals surface area contributed by atoms with Crippen molar-refractivity contribution in [3.8, 4) is 5.75 Å². The molecule has 7 heteroatoms. The lowest BCUT2D eigenvalue weighted by Gasteiger charge is -2.34. The second kappa shape index (κ2) is 8.33. The molecule has 0 aromatic heterocycles. The molecule has 0 bridgehead atoms. The topological polar surface area (TPSA) is 70.2 Å². The maximum Gasteiger partial charge on any atom is 0.242 e. The van der Waals surface area contributed by atoms with Gasteiger partial charge in [-0.15, -0.1) is 0 Å². The van der Waals surface area contributed by atoms with Gasteiger partial charge in [0.1, 0.15) is 12.3 Å². The van der Waals surface area contributed by atoms with E-state index in [0.29, 0.717) is 38.5 Å². The molecule has 0 saturated carbocycles. The van der Waals surface area contributed by atoms with Gasteiger partial charge in [0.2, 0.25) is 18.2 Å². The molecular weight excluding hydrogens is 310 g/mol. The number of carbonyl (C=O) groups excluding carboxylic acids is 3. The van der Waals surface area contributed by atoms with Crippen LogP contribution in [0.15, 0.2) is 24.3 Å². The Hall–Kier alpha value is -2.57. The smallest absolute Gasteiger partial charge is 0.242 e. The van der Waals surface area contributed by atoms with Gasteiger partial charge in [-0.1, -0.05) is 18.2 Å². The van der Waals surface area contributed by atoms with Crippen molar-refractivity contribution in [2.45, 2.75) is 13.5 Å². The number of carbonyl (C=O) groups is 3. The SMILES string of the molecule is COc1ccccc1CN(CC(=O)N1CCN(C=O)CC1)C(C)=O. The van der Waals surface area contributed by atoms with Crippen LogP contribution in [-0.4, -0.2) is 72.8 Å². The lowest BCUT2D eigenvalue weighted by atomic mass is 10.2. The third kappa shape index (κ3) is 4.47. The maximum atomic E-state index is 12.4. The van der Waals surface area contributed by atoms with Crippen LogP contribution in [0.25, 0.3) is 0 Å². The highest BCUT2D eigenvalue weighted by atomic mass is 16.5. The van der Waals surface area contributed by atoms with Gasteiger partial charge < -0.3 is 19.4 Å². The Morgan fingerprint density at radius 3 is 2.46 bits per heavy atom. The van der Waals surface area contributed by atoms with Crippen LogP contribution < -0.4 is 4.74 Å². The minimum absolute atomic E-state index is 0.0223. The Labute approximate surface area is 141 Å². The molecule has 7 nitrogen and oxygen atoms in total. The minimum Gasteiger partial charge on any atom is -0.496 e. The quantitative estimate of drug-likeness (QED) is 0.704. The van der Waals surface area contributed by atoms with Gasteiger partial charge >= 0.3 is 0 Å². The van der Waals surface area contributed by atoms with Crippen LogP contribution in [-0.2, 0) is 20.9 Å². The summed E-state index contributed by atoms with van der Waals surface area (Å²) >= 11 is 0. The molecule has 1 aliphatic rings. The number of nitrogens with zero attached hydrogens (tertiary/aromatic N) is 3. The van der Waals surface area contributed by atoms with Crippen LogP contribution in [0, 0.1) is 0 Å². The summed E-state index contributed by atoms with van der Waals surface area (Å²) < 4.78 is 5.30. The van der Waals surface area contributed by atoms with Crippen LogP contribution in [0.3, 0.4) is 0 Å². The summed E-state index contributed by atoms with van der Waals surface area (Å²) in [4.78, 5) is 39.9. The summed E-state index contributed by atoms with van der Waals surface area (Å²) in [6, 6.07) is 7.44. The molecule has 1 aromatic rings. The van der Waals surface area contributed by atoms with Crippen molar-refractivity contribution in [3.63, 3.8) is 0 Å². The van der Waals surface area contributed by atoms with E-state index in [0.717, 1.165) is 12.0 Å². The normalized spacial score (nSPS) is 14.2. The van der Waals surface area contributed by atoms with Gasteiger partial charge in [-0.25, -0.2) is 0 Å². The van der Waals surface area contributed by atoms with E-state index in [4.69, 9.17) is 4.74 Å². The van der Waals surface area contributed by atoms with Gasteiger partial charge in [-0.3, -0.25) is 14.4 Å². The summed E-state index contributed by atoms with van der Waals surface area (Å²) in [6.45, 7) is 3.85. The summed E-state index contributed by atoms with van der Waals surface area (Å²) in [5.74, 6) is 0.419. The molecule has 2 rings (SSSR count). The Morgan fingerprint density at radius 1 is 1.21 bits per heavy atom. The number of hydrogen-bond donors (Lipinski definition) is 0. The summed E-state index contributed by atoms with van der Waals surface area (Å²) in [7, 11) is 1.58. The van der Waals surface area contributed by atoms with E-state index in [1.54, 1.807) is 16.9 Å². The number of methoxy groups -OCH3 is 1. The Bertz CT molecular complexity index is 597. The van der Waals surface area contributed by atoms with Crippen LogP contribution in [0.1, 0.15) is 12.5 Å². The van der Waals surface area contributed by atoms with E-state index in [1.165, 1.54) is 11.8 Å². The third-order valence-corrected chi connectivity index (χ3v) is 4.14. The third-order valence-electron chi connectivity index (χ3n) is 4.14. The van der Waals surface area contributed by atoms with Crippen molar-refractivity contribution in [1.82, 2.24) is 14.7 Å². The fourth-order valence-corrected chi connectivity index (χ4v) is 2.66. The largest absolute Gasteiger partial charge is 0.496 e. The number of benzene rings is 1. The fraction of sp³-hybridized carbons (Fsp3) is 0.471. The second-order valence-corrected chi connectivity index (χ2v) is 5.71. The molecule has 0 unspecified atom stereocenters. The zero-order valence-electron chi connectivity index (χ0n) is 14.1. The first-order valence-corrected chi connectivity index (χ1v) is 7.89. The number of piperazine rings is 1.